The zero-order chi connectivity index (χ0) is 23.5. The normalized spacial score (nSPS) is 10.4. The molecule has 172 valence electrons. The molecule has 7 nitrogen and oxygen atoms in total. The molecule has 3 aromatic carbocycles. The summed E-state index contributed by atoms with van der Waals surface area (Å²) in [6.07, 6.45) is 0. The van der Waals surface area contributed by atoms with Crippen LogP contribution in [0.3, 0.4) is 0 Å². The molecule has 0 unspecified atom stereocenters. The van der Waals surface area contributed by atoms with Crippen molar-refractivity contribution in [2.75, 3.05) is 33.5 Å². The minimum Gasteiger partial charge on any atom is -0.490 e. The number of ether oxygens (including phenoxy) is 5. The van der Waals surface area contributed by atoms with Gasteiger partial charge in [-0.1, -0.05) is 46.3 Å². The van der Waals surface area contributed by atoms with Gasteiger partial charge in [-0.2, -0.15) is 0 Å². The summed E-state index contributed by atoms with van der Waals surface area (Å²) >= 11 is 3.35. The standard InChI is InChI=1S/C25H23BrO7/c1-29-13-14-31-22-12-11-18(26)17-21(22)25(28)33-23-10-6-5-9-20(23)24(27)32-16-15-30-19-7-3-2-4-8-19/h2-12,17H,13-16H2,1H3. The highest BCUT2D eigenvalue weighted by Crippen LogP contribution is 2.26. The van der Waals surface area contributed by atoms with Gasteiger partial charge >= 0.3 is 11.9 Å². The lowest BCUT2D eigenvalue weighted by Gasteiger charge is -2.13. The van der Waals surface area contributed by atoms with Crippen LogP contribution in [0.25, 0.3) is 0 Å². The maximum Gasteiger partial charge on any atom is 0.347 e. The molecule has 0 aliphatic heterocycles. The number of rotatable bonds is 11. The highest BCUT2D eigenvalue weighted by atomic mass is 79.9. The highest BCUT2D eigenvalue weighted by molar-refractivity contribution is 9.10. The summed E-state index contributed by atoms with van der Waals surface area (Å²) in [4.78, 5) is 25.5. The van der Waals surface area contributed by atoms with E-state index in [1.165, 1.54) is 12.1 Å². The first-order valence-corrected chi connectivity index (χ1v) is 10.9. The average Bonchev–Trinajstić information content (AvgIpc) is 2.83. The molecule has 0 atom stereocenters. The van der Waals surface area contributed by atoms with E-state index in [1.54, 1.807) is 37.4 Å². The molecule has 8 heteroatoms. The molecule has 0 aromatic heterocycles. The second-order valence-corrected chi connectivity index (χ2v) is 7.58. The van der Waals surface area contributed by atoms with Crippen LogP contribution >= 0.6 is 15.9 Å². The third kappa shape index (κ3) is 7.34. The first-order chi connectivity index (χ1) is 16.1. The number of carbonyl (C=O) groups excluding carboxylic acids is 2. The van der Waals surface area contributed by atoms with Crippen LogP contribution in [0, 0.1) is 0 Å². The van der Waals surface area contributed by atoms with Gasteiger partial charge in [0.15, 0.2) is 0 Å². The third-order valence-electron chi connectivity index (χ3n) is 4.34. The van der Waals surface area contributed by atoms with Gasteiger partial charge in [-0.25, -0.2) is 9.59 Å². The van der Waals surface area contributed by atoms with E-state index in [-0.39, 0.29) is 36.7 Å². The monoisotopic (exact) mass is 514 g/mol. The Morgan fingerprint density at radius 2 is 1.45 bits per heavy atom. The number of para-hydroxylation sites is 2. The summed E-state index contributed by atoms with van der Waals surface area (Å²) in [5.41, 5.74) is 0.335. The van der Waals surface area contributed by atoms with Crippen LogP contribution in [-0.2, 0) is 9.47 Å². The van der Waals surface area contributed by atoms with Crippen molar-refractivity contribution >= 4 is 27.9 Å². The van der Waals surface area contributed by atoms with E-state index in [0.29, 0.717) is 22.6 Å². The van der Waals surface area contributed by atoms with Crippen LogP contribution in [0.5, 0.6) is 17.2 Å². The van der Waals surface area contributed by atoms with Gasteiger partial charge in [0, 0.05) is 11.6 Å². The van der Waals surface area contributed by atoms with E-state index in [9.17, 15) is 9.59 Å². The Balaban J connectivity index is 1.64. The van der Waals surface area contributed by atoms with Gasteiger partial charge in [-0.15, -0.1) is 0 Å². The largest absolute Gasteiger partial charge is 0.490 e. The number of hydrogen-bond acceptors (Lipinski definition) is 7. The molecule has 3 aromatic rings. The quantitative estimate of drug-likeness (QED) is 0.204. The lowest BCUT2D eigenvalue weighted by Crippen LogP contribution is -2.16. The number of methoxy groups -OCH3 is 1. The molecular weight excluding hydrogens is 492 g/mol. The molecule has 0 heterocycles. The van der Waals surface area contributed by atoms with Gasteiger partial charge < -0.3 is 23.7 Å². The lowest BCUT2D eigenvalue weighted by molar-refractivity contribution is 0.0445. The van der Waals surface area contributed by atoms with Crippen molar-refractivity contribution in [1.82, 2.24) is 0 Å². The van der Waals surface area contributed by atoms with Crippen molar-refractivity contribution in [3.63, 3.8) is 0 Å². The maximum atomic E-state index is 12.9. The summed E-state index contributed by atoms with van der Waals surface area (Å²) in [5, 5.41) is 0. The Hall–Kier alpha value is -3.36. The Morgan fingerprint density at radius 1 is 0.727 bits per heavy atom. The third-order valence-corrected chi connectivity index (χ3v) is 4.84. The van der Waals surface area contributed by atoms with Crippen molar-refractivity contribution in [3.8, 4) is 17.2 Å². The van der Waals surface area contributed by atoms with E-state index in [1.807, 2.05) is 30.3 Å². The fraction of sp³-hybridized carbons (Fsp3) is 0.200. The summed E-state index contributed by atoms with van der Waals surface area (Å²) < 4.78 is 27.6. The van der Waals surface area contributed by atoms with E-state index >= 15 is 0 Å². The molecule has 0 bridgehead atoms. The van der Waals surface area contributed by atoms with Crippen LogP contribution < -0.4 is 14.2 Å². The molecule has 0 fully saturated rings. The molecule has 0 saturated heterocycles. The number of carbonyl (C=O) groups is 2. The topological polar surface area (TPSA) is 80.3 Å². The summed E-state index contributed by atoms with van der Waals surface area (Å²) in [6, 6.07) is 20.6. The highest BCUT2D eigenvalue weighted by Gasteiger charge is 2.20. The van der Waals surface area contributed by atoms with Gasteiger partial charge in [-0.05, 0) is 42.5 Å². The molecule has 0 radical (unpaired) electrons. The van der Waals surface area contributed by atoms with Gasteiger partial charge in [0.25, 0.3) is 0 Å². The van der Waals surface area contributed by atoms with E-state index in [2.05, 4.69) is 15.9 Å². The zero-order valence-electron chi connectivity index (χ0n) is 18.0. The number of halogens is 1. The molecule has 0 amide bonds. The van der Waals surface area contributed by atoms with E-state index in [4.69, 9.17) is 23.7 Å². The SMILES string of the molecule is COCCOc1ccc(Br)cc1C(=O)Oc1ccccc1C(=O)OCCOc1ccccc1. The molecule has 0 aliphatic rings. The maximum absolute atomic E-state index is 12.9. The Bertz CT molecular complexity index is 1070. The minimum atomic E-state index is -0.670. The van der Waals surface area contributed by atoms with Gasteiger partial charge in [-0.3, -0.25) is 0 Å². The molecule has 0 saturated carbocycles. The van der Waals surface area contributed by atoms with E-state index in [0.717, 1.165) is 0 Å². The number of hydrogen-bond donors (Lipinski definition) is 0. The van der Waals surface area contributed by atoms with Crippen LogP contribution in [0.1, 0.15) is 20.7 Å². The van der Waals surface area contributed by atoms with Gasteiger partial charge in [0.05, 0.1) is 6.61 Å². The van der Waals surface area contributed by atoms with Gasteiger partial charge in [0.1, 0.15) is 48.2 Å². The Morgan fingerprint density at radius 3 is 2.24 bits per heavy atom. The van der Waals surface area contributed by atoms with Crippen molar-refractivity contribution < 1.29 is 33.3 Å². The molecule has 33 heavy (non-hydrogen) atoms. The zero-order valence-corrected chi connectivity index (χ0v) is 19.6. The fourth-order valence-electron chi connectivity index (χ4n) is 2.79. The predicted molar refractivity (Wildman–Crippen MR) is 125 cm³/mol. The first kappa shape index (κ1) is 24.3. The van der Waals surface area contributed by atoms with Crippen molar-refractivity contribution in [3.05, 3.63) is 88.4 Å². The van der Waals surface area contributed by atoms with Crippen molar-refractivity contribution in [2.45, 2.75) is 0 Å². The van der Waals surface area contributed by atoms with E-state index < -0.39 is 11.9 Å². The average molecular weight is 515 g/mol. The number of esters is 2. The van der Waals surface area contributed by atoms with Crippen LogP contribution in [0.4, 0.5) is 0 Å². The lowest BCUT2D eigenvalue weighted by atomic mass is 10.2. The van der Waals surface area contributed by atoms with Crippen molar-refractivity contribution in [1.29, 1.82) is 0 Å². The van der Waals surface area contributed by atoms with Crippen molar-refractivity contribution in [2.24, 2.45) is 0 Å². The van der Waals surface area contributed by atoms with Crippen LogP contribution in [0.2, 0.25) is 0 Å². The molecule has 0 aliphatic carbocycles. The predicted octanol–water partition coefficient (Wildman–Crippen LogP) is 4.93. The molecule has 3 rings (SSSR count). The second-order valence-electron chi connectivity index (χ2n) is 6.66. The first-order valence-electron chi connectivity index (χ1n) is 10.2. The van der Waals surface area contributed by atoms with Gasteiger partial charge in [0.2, 0.25) is 0 Å². The fourth-order valence-corrected chi connectivity index (χ4v) is 3.15. The Labute approximate surface area is 200 Å². The summed E-state index contributed by atoms with van der Waals surface area (Å²) in [7, 11) is 1.56. The minimum absolute atomic E-state index is 0.0408. The summed E-state index contributed by atoms with van der Waals surface area (Å²) in [6.45, 7) is 0.872. The molecular formula is C25H23BrO7. The summed E-state index contributed by atoms with van der Waals surface area (Å²) in [5.74, 6) is -0.185. The van der Waals surface area contributed by atoms with Crippen LogP contribution in [0.15, 0.2) is 77.3 Å². The molecule has 0 N–H and O–H groups in total. The second kappa shape index (κ2) is 12.6. The smallest absolute Gasteiger partial charge is 0.347 e. The number of benzene rings is 3. The Kier molecular flexibility index (Phi) is 9.29. The van der Waals surface area contributed by atoms with Crippen LogP contribution in [-0.4, -0.2) is 45.5 Å². The molecule has 0 spiro atoms.